The zero-order chi connectivity index (χ0) is 41.4. The van der Waals surface area contributed by atoms with Crippen LogP contribution in [0.4, 0.5) is 0 Å². The average molecular weight is 722 g/mol. The van der Waals surface area contributed by atoms with Crippen molar-refractivity contribution in [2.75, 3.05) is 0 Å². The minimum absolute atomic E-state index is 0.110. The first-order valence-electron chi connectivity index (χ1n) is 20.9. The van der Waals surface area contributed by atoms with E-state index >= 15 is 0 Å². The van der Waals surface area contributed by atoms with Gasteiger partial charge in [-0.1, -0.05) is 158 Å². The lowest BCUT2D eigenvalue weighted by Gasteiger charge is -2.11. The molecule has 56 heavy (non-hydrogen) atoms. The van der Waals surface area contributed by atoms with Crippen LogP contribution in [0.15, 0.2) is 198 Å². The van der Waals surface area contributed by atoms with Gasteiger partial charge in [-0.2, -0.15) is 9.97 Å². The average Bonchev–Trinajstić information content (AvgIpc) is 3.87. The zero-order valence-corrected chi connectivity index (χ0v) is 29.8. The predicted molar refractivity (Wildman–Crippen MR) is 229 cm³/mol. The fourth-order valence-corrected chi connectivity index (χ4v) is 7.77. The molecule has 0 aliphatic rings. The van der Waals surface area contributed by atoms with Crippen LogP contribution in [-0.4, -0.2) is 19.5 Å². The van der Waals surface area contributed by atoms with Gasteiger partial charge in [0.15, 0.2) is 11.6 Å². The number of nitrogens with zero attached hydrogens (tertiary/aromatic N) is 4. The predicted octanol–water partition coefficient (Wildman–Crippen LogP) is 13.2. The Balaban J connectivity index is 1.15. The van der Waals surface area contributed by atoms with Gasteiger partial charge in [0.1, 0.15) is 11.2 Å². The van der Waals surface area contributed by atoms with Crippen LogP contribution in [0.25, 0.3) is 106 Å². The van der Waals surface area contributed by atoms with Gasteiger partial charge >= 0.3 is 0 Å². The van der Waals surface area contributed by atoms with Crippen LogP contribution in [0.2, 0.25) is 0 Å². The van der Waals surface area contributed by atoms with E-state index < -0.39 is 18.1 Å². The van der Waals surface area contributed by atoms with Gasteiger partial charge in [0, 0.05) is 38.2 Å². The molecular weight excluding hydrogens is 685 g/mol. The summed E-state index contributed by atoms with van der Waals surface area (Å²) in [5, 5.41) is 3.51. The van der Waals surface area contributed by atoms with Crippen LogP contribution in [0.1, 0.15) is 6.85 Å². The Morgan fingerprint density at radius 2 is 1.05 bits per heavy atom. The zero-order valence-electron chi connectivity index (χ0n) is 34.8. The normalized spacial score (nSPS) is 12.8. The van der Waals surface area contributed by atoms with E-state index in [1.165, 1.54) is 0 Å². The van der Waals surface area contributed by atoms with Gasteiger partial charge in [0.05, 0.1) is 17.9 Å². The number of hydrogen-bond acceptors (Lipinski definition) is 4. The Morgan fingerprint density at radius 3 is 1.82 bits per heavy atom. The molecule has 3 aromatic heterocycles. The first-order valence-corrected chi connectivity index (χ1v) is 18.4. The highest BCUT2D eigenvalue weighted by Crippen LogP contribution is 2.43. The van der Waals surface area contributed by atoms with Crippen LogP contribution >= 0.6 is 0 Å². The molecule has 11 aromatic rings. The molecule has 0 saturated carbocycles. The Labute approximate surface area is 329 Å². The molecule has 0 bridgehead atoms. The molecule has 0 aliphatic carbocycles. The number of hydrogen-bond donors (Lipinski definition) is 0. The maximum atomic E-state index is 8.87. The van der Waals surface area contributed by atoms with Crippen LogP contribution in [0, 0.1) is 0 Å². The number of fused-ring (bicyclic) bond motifs is 6. The topological polar surface area (TPSA) is 56.7 Å². The highest BCUT2D eigenvalue weighted by molar-refractivity contribution is 6.17. The fraction of sp³-hybridized carbons (Fsp3) is 0. The second-order valence-electron chi connectivity index (χ2n) is 13.6. The molecule has 5 heteroatoms. The summed E-state index contributed by atoms with van der Waals surface area (Å²) in [6.07, 6.45) is 0. The molecule has 0 unspecified atom stereocenters. The van der Waals surface area contributed by atoms with Crippen molar-refractivity contribution in [1.82, 2.24) is 19.5 Å². The number of furan rings is 1. The van der Waals surface area contributed by atoms with E-state index in [2.05, 4.69) is 47.0 Å². The van der Waals surface area contributed by atoms with Gasteiger partial charge in [-0.05, 0) is 64.2 Å². The summed E-state index contributed by atoms with van der Waals surface area (Å²) in [7, 11) is 0. The van der Waals surface area contributed by atoms with Crippen molar-refractivity contribution >= 4 is 43.7 Å². The van der Waals surface area contributed by atoms with Gasteiger partial charge in [-0.15, -0.1) is 0 Å². The lowest BCUT2D eigenvalue weighted by molar-refractivity contribution is 0.670. The van der Waals surface area contributed by atoms with E-state index in [-0.39, 0.29) is 17.6 Å². The van der Waals surface area contributed by atoms with E-state index in [1.54, 1.807) is 0 Å². The molecule has 0 atom stereocenters. The first kappa shape index (κ1) is 27.0. The Kier molecular flexibility index (Phi) is 6.29. The molecule has 3 heterocycles. The van der Waals surface area contributed by atoms with Gasteiger partial charge in [0.2, 0.25) is 5.95 Å². The molecule has 11 rings (SSSR count). The third kappa shape index (κ3) is 5.29. The van der Waals surface area contributed by atoms with Crippen LogP contribution in [0.3, 0.4) is 0 Å². The summed E-state index contributed by atoms with van der Waals surface area (Å²) < 4.78 is 51.7. The van der Waals surface area contributed by atoms with Crippen molar-refractivity contribution in [2.24, 2.45) is 0 Å². The Morgan fingerprint density at radius 1 is 0.429 bits per heavy atom. The lowest BCUT2D eigenvalue weighted by Crippen LogP contribution is -2.06. The molecule has 0 spiro atoms. The highest BCUT2D eigenvalue weighted by atomic mass is 16.3. The number of benzene rings is 8. The smallest absolute Gasteiger partial charge is 0.238 e. The second-order valence-corrected chi connectivity index (χ2v) is 13.6. The van der Waals surface area contributed by atoms with E-state index in [0.29, 0.717) is 50.7 Å². The summed E-state index contributed by atoms with van der Waals surface area (Å²) in [6, 6.07) is 52.5. The lowest BCUT2D eigenvalue weighted by atomic mass is 9.94. The summed E-state index contributed by atoms with van der Waals surface area (Å²) in [6.45, 7) is 0. The third-order valence-electron chi connectivity index (χ3n) is 10.4. The first-order chi connectivity index (χ1) is 29.8. The van der Waals surface area contributed by atoms with Crippen molar-refractivity contribution in [1.29, 1.82) is 0 Å². The number of aromatic nitrogens is 4. The van der Waals surface area contributed by atoms with Gasteiger partial charge in [-0.25, -0.2) is 4.98 Å². The van der Waals surface area contributed by atoms with Crippen molar-refractivity contribution in [3.8, 4) is 62.1 Å². The van der Waals surface area contributed by atoms with Gasteiger partial charge in [0.25, 0.3) is 0 Å². The van der Waals surface area contributed by atoms with Crippen molar-refractivity contribution in [3.63, 3.8) is 0 Å². The Bertz CT molecular complexity index is 3500. The molecule has 0 aliphatic heterocycles. The molecule has 0 radical (unpaired) electrons. The highest BCUT2D eigenvalue weighted by Gasteiger charge is 2.21. The quantitative estimate of drug-likeness (QED) is 0.172. The van der Waals surface area contributed by atoms with E-state index in [9.17, 15) is 0 Å². The van der Waals surface area contributed by atoms with Crippen molar-refractivity contribution in [3.05, 3.63) is 194 Å². The molecule has 0 fully saturated rings. The van der Waals surface area contributed by atoms with E-state index in [1.807, 2.05) is 121 Å². The monoisotopic (exact) mass is 721 g/mol. The van der Waals surface area contributed by atoms with E-state index in [0.717, 1.165) is 49.6 Å². The van der Waals surface area contributed by atoms with Crippen LogP contribution < -0.4 is 0 Å². The summed E-state index contributed by atoms with van der Waals surface area (Å²) in [5.74, 6) is 1.40. The third-order valence-corrected chi connectivity index (χ3v) is 10.4. The molecule has 8 aromatic carbocycles. The molecule has 262 valence electrons. The summed E-state index contributed by atoms with van der Waals surface area (Å²) in [4.78, 5) is 15.4. The molecule has 0 amide bonds. The molecule has 0 N–H and O–H groups in total. The maximum Gasteiger partial charge on any atom is 0.238 e. The molecule has 0 saturated heterocycles. The fourth-order valence-electron chi connectivity index (χ4n) is 7.77. The minimum Gasteiger partial charge on any atom is -0.455 e. The van der Waals surface area contributed by atoms with Gasteiger partial charge < -0.3 is 4.42 Å². The standard InChI is InChI=1S/C51H32N4O/c1-5-15-33(16-6-1)37-26-30-45-43(31-37)41-23-13-14-24-44(41)55(45)51-53-49(36-21-11-4-12-22-36)52-50(54-51)38-25-27-42-46(32-38)56-48-40(35-19-9-3-10-20-35)29-28-39(47(42)48)34-17-7-2-8-18-34/h1-32H/i2D,7D,8D,17D,18D. The molecule has 5 nitrogen and oxygen atoms in total. The number of rotatable bonds is 6. The van der Waals surface area contributed by atoms with E-state index in [4.69, 9.17) is 26.2 Å². The number of para-hydroxylation sites is 1. The van der Waals surface area contributed by atoms with Crippen molar-refractivity contribution < 1.29 is 11.3 Å². The summed E-state index contributed by atoms with van der Waals surface area (Å²) >= 11 is 0. The van der Waals surface area contributed by atoms with Crippen LogP contribution in [-0.2, 0) is 0 Å². The Hall–Kier alpha value is -7.63. The summed E-state index contributed by atoms with van der Waals surface area (Å²) in [5.41, 5.74) is 9.05. The maximum absolute atomic E-state index is 8.87. The SMILES string of the molecule is [2H]c1c([2H])c([2H])c(-c2ccc(-c3ccccc3)c3oc4cc(-c5nc(-c6ccccc6)nc(-n6c7ccccc7c7cc(-c8ccccc8)ccc76)n5)ccc4c23)c([2H])c1[2H]. The minimum atomic E-state index is -0.443. The van der Waals surface area contributed by atoms with Gasteiger partial charge in [-0.3, -0.25) is 4.57 Å². The largest absolute Gasteiger partial charge is 0.455 e. The second kappa shape index (κ2) is 13.0. The van der Waals surface area contributed by atoms with Crippen LogP contribution in [0.5, 0.6) is 0 Å². The molecular formula is C51H32N4O. The van der Waals surface area contributed by atoms with Crippen molar-refractivity contribution in [2.45, 2.75) is 0 Å².